The SMILES string of the molecule is C=CCOC(CCC)CNCC(C)C. The van der Waals surface area contributed by atoms with Gasteiger partial charge in [-0.25, -0.2) is 0 Å². The Bertz CT molecular complexity index is 134. The van der Waals surface area contributed by atoms with Crippen LogP contribution in [0.4, 0.5) is 0 Å². The summed E-state index contributed by atoms with van der Waals surface area (Å²) in [6.07, 6.45) is 4.45. The molecule has 84 valence electrons. The van der Waals surface area contributed by atoms with Crippen LogP contribution in [0.5, 0.6) is 0 Å². The monoisotopic (exact) mass is 199 g/mol. The minimum atomic E-state index is 0.344. The zero-order valence-electron chi connectivity index (χ0n) is 9.88. The van der Waals surface area contributed by atoms with Crippen molar-refractivity contribution in [1.29, 1.82) is 0 Å². The van der Waals surface area contributed by atoms with Gasteiger partial charge in [-0.15, -0.1) is 6.58 Å². The highest BCUT2D eigenvalue weighted by molar-refractivity contribution is 4.68. The highest BCUT2D eigenvalue weighted by Gasteiger charge is 2.06. The van der Waals surface area contributed by atoms with Crippen LogP contribution >= 0.6 is 0 Å². The average molecular weight is 199 g/mol. The Balaban J connectivity index is 3.55. The number of rotatable bonds is 9. The fourth-order valence-electron chi connectivity index (χ4n) is 1.30. The van der Waals surface area contributed by atoms with Crippen molar-refractivity contribution >= 4 is 0 Å². The van der Waals surface area contributed by atoms with Gasteiger partial charge >= 0.3 is 0 Å². The first-order chi connectivity index (χ1) is 6.70. The summed E-state index contributed by atoms with van der Waals surface area (Å²) in [5.41, 5.74) is 0. The molecule has 0 aliphatic rings. The molecule has 0 fully saturated rings. The van der Waals surface area contributed by atoms with Crippen LogP contribution in [0.15, 0.2) is 12.7 Å². The summed E-state index contributed by atoms with van der Waals surface area (Å²) in [4.78, 5) is 0. The smallest absolute Gasteiger partial charge is 0.0703 e. The lowest BCUT2D eigenvalue weighted by molar-refractivity contribution is 0.0667. The zero-order chi connectivity index (χ0) is 10.8. The summed E-state index contributed by atoms with van der Waals surface area (Å²) in [7, 11) is 0. The Morgan fingerprint density at radius 2 is 2.07 bits per heavy atom. The molecular formula is C12H25NO. The number of nitrogens with one attached hydrogen (secondary N) is 1. The molecule has 2 heteroatoms. The van der Waals surface area contributed by atoms with Crippen molar-refractivity contribution in [3.8, 4) is 0 Å². The molecule has 0 aliphatic carbocycles. The van der Waals surface area contributed by atoms with Crippen LogP contribution < -0.4 is 5.32 Å². The standard InChI is InChI=1S/C12H25NO/c1-5-7-12(14-8-6-2)10-13-9-11(3)4/h6,11-13H,2,5,7-10H2,1,3-4H3. The normalized spacial score (nSPS) is 13.1. The lowest BCUT2D eigenvalue weighted by Gasteiger charge is -2.17. The van der Waals surface area contributed by atoms with Crippen LogP contribution in [0.1, 0.15) is 33.6 Å². The predicted molar refractivity (Wildman–Crippen MR) is 62.6 cm³/mol. The fourth-order valence-corrected chi connectivity index (χ4v) is 1.30. The van der Waals surface area contributed by atoms with Gasteiger partial charge < -0.3 is 10.1 Å². The van der Waals surface area contributed by atoms with Gasteiger partial charge in [0.2, 0.25) is 0 Å². The molecule has 0 bridgehead atoms. The van der Waals surface area contributed by atoms with Gasteiger partial charge in [0.05, 0.1) is 12.7 Å². The van der Waals surface area contributed by atoms with E-state index in [1.165, 1.54) is 6.42 Å². The second-order valence-corrected chi connectivity index (χ2v) is 4.08. The van der Waals surface area contributed by atoms with Crippen LogP contribution in [0, 0.1) is 5.92 Å². The Morgan fingerprint density at radius 3 is 2.57 bits per heavy atom. The molecule has 0 heterocycles. The van der Waals surface area contributed by atoms with Gasteiger partial charge in [-0.3, -0.25) is 0 Å². The van der Waals surface area contributed by atoms with Crippen molar-refractivity contribution in [2.75, 3.05) is 19.7 Å². The molecule has 0 aromatic heterocycles. The first-order valence-corrected chi connectivity index (χ1v) is 5.63. The lowest BCUT2D eigenvalue weighted by Crippen LogP contribution is -2.31. The number of hydrogen-bond donors (Lipinski definition) is 1. The Labute approximate surface area is 88.7 Å². The molecule has 0 aromatic carbocycles. The second kappa shape index (κ2) is 9.22. The topological polar surface area (TPSA) is 21.3 Å². The summed E-state index contributed by atoms with van der Waals surface area (Å²) in [6, 6.07) is 0. The van der Waals surface area contributed by atoms with Crippen molar-refractivity contribution in [2.45, 2.75) is 39.7 Å². The van der Waals surface area contributed by atoms with E-state index in [2.05, 4.69) is 32.7 Å². The van der Waals surface area contributed by atoms with E-state index in [4.69, 9.17) is 4.74 Å². The maximum Gasteiger partial charge on any atom is 0.0703 e. The minimum absolute atomic E-state index is 0.344. The molecule has 0 amide bonds. The van der Waals surface area contributed by atoms with Crippen molar-refractivity contribution in [3.63, 3.8) is 0 Å². The zero-order valence-corrected chi connectivity index (χ0v) is 9.88. The summed E-state index contributed by atoms with van der Waals surface area (Å²) in [5, 5.41) is 3.42. The van der Waals surface area contributed by atoms with E-state index in [9.17, 15) is 0 Å². The first-order valence-electron chi connectivity index (χ1n) is 5.63. The highest BCUT2D eigenvalue weighted by atomic mass is 16.5. The quantitative estimate of drug-likeness (QED) is 0.576. The van der Waals surface area contributed by atoms with E-state index in [0.29, 0.717) is 18.6 Å². The molecule has 1 atom stereocenters. The van der Waals surface area contributed by atoms with Gasteiger partial charge in [-0.1, -0.05) is 33.3 Å². The summed E-state index contributed by atoms with van der Waals surface area (Å²) < 4.78 is 5.63. The molecule has 14 heavy (non-hydrogen) atoms. The predicted octanol–water partition coefficient (Wildman–Crippen LogP) is 2.60. The highest BCUT2D eigenvalue weighted by Crippen LogP contribution is 2.01. The molecule has 0 aliphatic heterocycles. The van der Waals surface area contributed by atoms with Gasteiger partial charge in [0.1, 0.15) is 0 Å². The maximum absolute atomic E-state index is 5.63. The largest absolute Gasteiger partial charge is 0.373 e. The first kappa shape index (κ1) is 13.7. The van der Waals surface area contributed by atoms with E-state index >= 15 is 0 Å². The minimum Gasteiger partial charge on any atom is -0.373 e. The van der Waals surface area contributed by atoms with E-state index in [1.54, 1.807) is 0 Å². The number of ether oxygens (including phenoxy) is 1. The average Bonchev–Trinajstić information content (AvgIpc) is 2.13. The van der Waals surface area contributed by atoms with Crippen LogP contribution in [0.3, 0.4) is 0 Å². The Hall–Kier alpha value is -0.340. The fraction of sp³-hybridized carbons (Fsp3) is 0.833. The van der Waals surface area contributed by atoms with E-state index in [0.717, 1.165) is 19.5 Å². The second-order valence-electron chi connectivity index (χ2n) is 4.08. The van der Waals surface area contributed by atoms with Crippen molar-refractivity contribution in [2.24, 2.45) is 5.92 Å². The lowest BCUT2D eigenvalue weighted by atomic mass is 10.2. The Kier molecular flexibility index (Phi) is 9.00. The van der Waals surface area contributed by atoms with Gasteiger partial charge in [0.15, 0.2) is 0 Å². The molecule has 0 saturated heterocycles. The van der Waals surface area contributed by atoms with Crippen molar-refractivity contribution in [1.82, 2.24) is 5.32 Å². The van der Waals surface area contributed by atoms with Crippen molar-refractivity contribution < 1.29 is 4.74 Å². The van der Waals surface area contributed by atoms with Gasteiger partial charge in [-0.2, -0.15) is 0 Å². The molecule has 0 radical (unpaired) electrons. The summed E-state index contributed by atoms with van der Waals surface area (Å²) in [6.45, 7) is 13.0. The third-order valence-electron chi connectivity index (χ3n) is 1.99. The molecular weight excluding hydrogens is 174 g/mol. The van der Waals surface area contributed by atoms with Crippen LogP contribution in [-0.4, -0.2) is 25.8 Å². The van der Waals surface area contributed by atoms with Crippen LogP contribution in [0.2, 0.25) is 0 Å². The third kappa shape index (κ3) is 8.27. The van der Waals surface area contributed by atoms with Gasteiger partial charge in [-0.05, 0) is 18.9 Å². The summed E-state index contributed by atoms with van der Waals surface area (Å²) >= 11 is 0. The third-order valence-corrected chi connectivity index (χ3v) is 1.99. The molecule has 0 saturated carbocycles. The van der Waals surface area contributed by atoms with E-state index in [1.807, 2.05) is 6.08 Å². The van der Waals surface area contributed by atoms with E-state index in [-0.39, 0.29) is 0 Å². The van der Waals surface area contributed by atoms with Crippen LogP contribution in [0.25, 0.3) is 0 Å². The van der Waals surface area contributed by atoms with Gasteiger partial charge in [0.25, 0.3) is 0 Å². The molecule has 0 aromatic rings. The van der Waals surface area contributed by atoms with Crippen LogP contribution in [-0.2, 0) is 4.74 Å². The molecule has 0 spiro atoms. The molecule has 2 nitrogen and oxygen atoms in total. The summed E-state index contributed by atoms with van der Waals surface area (Å²) in [5.74, 6) is 0.705. The molecule has 1 N–H and O–H groups in total. The maximum atomic E-state index is 5.63. The molecule has 0 rings (SSSR count). The Morgan fingerprint density at radius 1 is 1.36 bits per heavy atom. The molecule has 1 unspecified atom stereocenters. The van der Waals surface area contributed by atoms with E-state index < -0.39 is 0 Å². The van der Waals surface area contributed by atoms with Crippen molar-refractivity contribution in [3.05, 3.63) is 12.7 Å². The van der Waals surface area contributed by atoms with Gasteiger partial charge in [0, 0.05) is 6.54 Å². The number of hydrogen-bond acceptors (Lipinski definition) is 2.